The van der Waals surface area contributed by atoms with Gasteiger partial charge in [0.15, 0.2) is 11.7 Å². The SMILES string of the molecule is O=C(COc1ccc(Br)cc1Br)NC(=S)Nc1cc([N+](=O)[O-])ccc1F. The third-order valence-corrected chi connectivity index (χ3v) is 4.23. The molecule has 0 spiro atoms. The van der Waals surface area contributed by atoms with E-state index < -0.39 is 16.6 Å². The molecule has 136 valence electrons. The van der Waals surface area contributed by atoms with Gasteiger partial charge in [0.2, 0.25) is 0 Å². The number of carbonyl (C=O) groups is 1. The summed E-state index contributed by atoms with van der Waals surface area (Å²) in [5.41, 5.74) is -0.535. The number of thiocarbonyl (C=S) groups is 1. The molecule has 0 fully saturated rings. The summed E-state index contributed by atoms with van der Waals surface area (Å²) in [5.74, 6) is -0.877. The van der Waals surface area contributed by atoms with Crippen LogP contribution in [-0.2, 0) is 4.79 Å². The third-order valence-electron chi connectivity index (χ3n) is 2.91. The lowest BCUT2D eigenvalue weighted by atomic mass is 10.2. The Hall–Kier alpha value is -2.11. The highest BCUT2D eigenvalue weighted by molar-refractivity contribution is 9.11. The molecular weight excluding hydrogens is 497 g/mol. The van der Waals surface area contributed by atoms with Crippen LogP contribution in [0.25, 0.3) is 0 Å². The van der Waals surface area contributed by atoms with Crippen molar-refractivity contribution < 1.29 is 18.8 Å². The smallest absolute Gasteiger partial charge is 0.271 e. The molecule has 0 aliphatic rings. The van der Waals surface area contributed by atoms with Gasteiger partial charge in [-0.1, -0.05) is 15.9 Å². The molecule has 2 aromatic carbocycles. The average Bonchev–Trinajstić information content (AvgIpc) is 2.55. The van der Waals surface area contributed by atoms with E-state index in [2.05, 4.69) is 42.5 Å². The predicted octanol–water partition coefficient (Wildman–Crippen LogP) is 4.15. The number of ether oxygens (including phenoxy) is 1. The number of halogens is 3. The monoisotopic (exact) mass is 505 g/mol. The van der Waals surface area contributed by atoms with E-state index in [0.717, 1.165) is 22.7 Å². The molecule has 0 atom stereocenters. The second-order valence-corrected chi connectivity index (χ2v) is 6.97. The van der Waals surface area contributed by atoms with Crippen molar-refractivity contribution in [3.63, 3.8) is 0 Å². The van der Waals surface area contributed by atoms with Crippen molar-refractivity contribution in [3.8, 4) is 5.75 Å². The molecule has 2 aromatic rings. The van der Waals surface area contributed by atoms with Gasteiger partial charge in [-0.05, 0) is 52.4 Å². The van der Waals surface area contributed by atoms with Gasteiger partial charge >= 0.3 is 0 Å². The van der Waals surface area contributed by atoms with Gasteiger partial charge in [-0.15, -0.1) is 0 Å². The number of hydrogen-bond donors (Lipinski definition) is 2. The third kappa shape index (κ3) is 5.71. The first kappa shape index (κ1) is 20.2. The van der Waals surface area contributed by atoms with Crippen molar-refractivity contribution in [2.75, 3.05) is 11.9 Å². The van der Waals surface area contributed by atoms with Gasteiger partial charge in [0, 0.05) is 16.6 Å². The molecule has 0 saturated heterocycles. The van der Waals surface area contributed by atoms with Gasteiger partial charge in [0.1, 0.15) is 11.6 Å². The Labute approximate surface area is 169 Å². The second-order valence-electron chi connectivity index (χ2n) is 4.79. The number of amides is 1. The van der Waals surface area contributed by atoms with Gasteiger partial charge < -0.3 is 10.1 Å². The summed E-state index contributed by atoms with van der Waals surface area (Å²) in [6, 6.07) is 8.09. The molecule has 2 rings (SSSR count). The molecule has 0 aliphatic heterocycles. The highest BCUT2D eigenvalue weighted by atomic mass is 79.9. The van der Waals surface area contributed by atoms with Crippen molar-refractivity contribution in [1.29, 1.82) is 0 Å². The fourth-order valence-corrected chi connectivity index (χ4v) is 3.16. The summed E-state index contributed by atoms with van der Waals surface area (Å²) < 4.78 is 20.5. The summed E-state index contributed by atoms with van der Waals surface area (Å²) in [7, 11) is 0. The number of hydrogen-bond acceptors (Lipinski definition) is 5. The number of benzene rings is 2. The van der Waals surface area contributed by atoms with Crippen LogP contribution in [0.5, 0.6) is 5.75 Å². The Morgan fingerprint density at radius 3 is 2.65 bits per heavy atom. The lowest BCUT2D eigenvalue weighted by molar-refractivity contribution is -0.384. The van der Waals surface area contributed by atoms with Gasteiger partial charge in [-0.25, -0.2) is 4.39 Å². The zero-order valence-corrected chi connectivity index (χ0v) is 16.8. The Morgan fingerprint density at radius 2 is 2.00 bits per heavy atom. The summed E-state index contributed by atoms with van der Waals surface area (Å²) >= 11 is 11.5. The molecule has 0 saturated carbocycles. The first-order valence-electron chi connectivity index (χ1n) is 6.89. The summed E-state index contributed by atoms with van der Waals surface area (Å²) in [6.45, 7) is -0.334. The molecule has 0 radical (unpaired) electrons. The van der Waals surface area contributed by atoms with Crippen molar-refractivity contribution in [3.05, 3.63) is 61.3 Å². The number of non-ortho nitro benzene ring substituents is 1. The van der Waals surface area contributed by atoms with Crippen molar-refractivity contribution in [1.82, 2.24) is 5.32 Å². The molecule has 11 heteroatoms. The average molecular weight is 507 g/mol. The maximum Gasteiger partial charge on any atom is 0.271 e. The van der Waals surface area contributed by atoms with Gasteiger partial charge in [-0.2, -0.15) is 0 Å². The van der Waals surface area contributed by atoms with E-state index in [-0.39, 0.29) is 23.1 Å². The Kier molecular flexibility index (Phi) is 7.00. The first-order chi connectivity index (χ1) is 12.3. The summed E-state index contributed by atoms with van der Waals surface area (Å²) in [6.07, 6.45) is 0. The molecule has 7 nitrogen and oxygen atoms in total. The standard InChI is InChI=1S/C15H10Br2FN3O4S/c16-8-1-4-13(10(17)5-8)25-7-14(22)20-15(26)19-12-6-9(21(23)24)2-3-11(12)18/h1-6H,7H2,(H2,19,20,22,26). The van der Waals surface area contributed by atoms with Crippen molar-refractivity contribution in [2.24, 2.45) is 0 Å². The van der Waals surface area contributed by atoms with Gasteiger partial charge in [-0.3, -0.25) is 20.2 Å². The molecular formula is C15H10Br2FN3O4S. The van der Waals surface area contributed by atoms with E-state index in [9.17, 15) is 19.3 Å². The van der Waals surface area contributed by atoms with Crippen LogP contribution in [-0.4, -0.2) is 22.5 Å². The zero-order chi connectivity index (χ0) is 19.3. The molecule has 0 aromatic heterocycles. The van der Waals surface area contributed by atoms with Crippen LogP contribution in [0.1, 0.15) is 0 Å². The number of nitrogens with zero attached hydrogens (tertiary/aromatic N) is 1. The molecule has 2 N–H and O–H groups in total. The molecule has 0 heterocycles. The highest BCUT2D eigenvalue weighted by Crippen LogP contribution is 2.28. The number of nitro benzene ring substituents is 1. The number of nitro groups is 1. The number of rotatable bonds is 5. The lowest BCUT2D eigenvalue weighted by Crippen LogP contribution is -2.37. The minimum absolute atomic E-state index is 0.215. The fourth-order valence-electron chi connectivity index (χ4n) is 1.77. The predicted molar refractivity (Wildman–Crippen MR) is 105 cm³/mol. The van der Waals surface area contributed by atoms with Gasteiger partial charge in [0.25, 0.3) is 11.6 Å². The molecule has 1 amide bonds. The lowest BCUT2D eigenvalue weighted by Gasteiger charge is -2.11. The molecule has 0 unspecified atom stereocenters. The largest absolute Gasteiger partial charge is 0.483 e. The van der Waals surface area contributed by atoms with E-state index in [4.69, 9.17) is 17.0 Å². The normalized spacial score (nSPS) is 10.1. The second kappa shape index (κ2) is 9.01. The van der Waals surface area contributed by atoms with Crippen LogP contribution >= 0.6 is 44.1 Å². The van der Waals surface area contributed by atoms with Gasteiger partial charge in [0.05, 0.1) is 15.1 Å². The molecule has 0 aliphatic carbocycles. The Balaban J connectivity index is 1.92. The van der Waals surface area contributed by atoms with E-state index >= 15 is 0 Å². The number of anilines is 1. The fraction of sp³-hybridized carbons (Fsp3) is 0.0667. The van der Waals surface area contributed by atoms with Crippen molar-refractivity contribution >= 4 is 66.5 Å². The van der Waals surface area contributed by atoms with Crippen LogP contribution in [0.3, 0.4) is 0 Å². The molecule has 26 heavy (non-hydrogen) atoms. The first-order valence-corrected chi connectivity index (χ1v) is 8.88. The number of carbonyl (C=O) groups excluding carboxylic acids is 1. The van der Waals surface area contributed by atoms with E-state index in [1.165, 1.54) is 0 Å². The van der Waals surface area contributed by atoms with Crippen LogP contribution in [0.15, 0.2) is 45.3 Å². The minimum Gasteiger partial charge on any atom is -0.483 e. The van der Waals surface area contributed by atoms with E-state index in [1.54, 1.807) is 18.2 Å². The topological polar surface area (TPSA) is 93.5 Å². The minimum atomic E-state index is -0.748. The van der Waals surface area contributed by atoms with Crippen LogP contribution in [0.2, 0.25) is 0 Å². The highest BCUT2D eigenvalue weighted by Gasteiger charge is 2.13. The van der Waals surface area contributed by atoms with Crippen molar-refractivity contribution in [2.45, 2.75) is 0 Å². The van der Waals surface area contributed by atoms with E-state index in [0.29, 0.717) is 10.2 Å². The maximum atomic E-state index is 13.7. The quantitative estimate of drug-likeness (QED) is 0.359. The van der Waals surface area contributed by atoms with Crippen LogP contribution < -0.4 is 15.4 Å². The zero-order valence-electron chi connectivity index (χ0n) is 12.8. The summed E-state index contributed by atoms with van der Waals surface area (Å²) in [5, 5.41) is 15.2. The number of nitrogens with one attached hydrogen (secondary N) is 2. The van der Waals surface area contributed by atoms with Crippen LogP contribution in [0.4, 0.5) is 15.8 Å². The molecule has 0 bridgehead atoms. The maximum absolute atomic E-state index is 13.7. The Morgan fingerprint density at radius 1 is 1.27 bits per heavy atom. The van der Waals surface area contributed by atoms with E-state index in [1.807, 2.05) is 0 Å². The van der Waals surface area contributed by atoms with Crippen LogP contribution in [0, 0.1) is 15.9 Å². The Bertz CT molecular complexity index is 882. The summed E-state index contributed by atoms with van der Waals surface area (Å²) in [4.78, 5) is 21.9.